The molecule has 0 heterocycles. The molecule has 0 radical (unpaired) electrons. The summed E-state index contributed by atoms with van der Waals surface area (Å²) in [5.74, 6) is 0. The maximum atomic E-state index is 11.4. The van der Waals surface area contributed by atoms with Crippen LogP contribution in [-0.2, 0) is 20.2 Å². The fourth-order valence-electron chi connectivity index (χ4n) is 0.230. The summed E-state index contributed by atoms with van der Waals surface area (Å²) in [4.78, 5) is 0. The van der Waals surface area contributed by atoms with Gasteiger partial charge >= 0.3 is 0 Å². The fourth-order valence-corrected chi connectivity index (χ4v) is 0.548. The summed E-state index contributed by atoms with van der Waals surface area (Å²) >= 11 is 0. The second kappa shape index (κ2) is 13.1. The van der Waals surface area contributed by atoms with Gasteiger partial charge in [0, 0.05) is 13.2 Å². The molecule has 2 atom stereocenters. The predicted octanol–water partition coefficient (Wildman–Crippen LogP) is -0.360. The fraction of sp³-hybridized carbons (Fsp3) is 1.00. The van der Waals surface area contributed by atoms with Gasteiger partial charge in [0.1, 0.15) is 13.3 Å². The first-order valence-electron chi connectivity index (χ1n) is 4.92. The van der Waals surface area contributed by atoms with Crippen LogP contribution in [0.4, 0.5) is 17.6 Å². The highest BCUT2D eigenvalue weighted by Gasteiger charge is 2.21. The van der Waals surface area contributed by atoms with Gasteiger partial charge in [-0.25, -0.2) is 17.6 Å². The maximum absolute atomic E-state index is 11.4. The van der Waals surface area contributed by atoms with Crippen LogP contribution in [0.1, 0.15) is 6.42 Å². The number of rotatable bonds is 6. The minimum absolute atomic E-state index is 0.0938. The van der Waals surface area contributed by atoms with Crippen molar-refractivity contribution >= 4 is 20.2 Å². The summed E-state index contributed by atoms with van der Waals surface area (Å²) in [6.45, 7) is -3.23. The van der Waals surface area contributed by atoms with Crippen molar-refractivity contribution in [2.75, 3.05) is 26.6 Å². The molecular formula is C7H16F4O8S2. The van der Waals surface area contributed by atoms with Gasteiger partial charge in [0.05, 0.1) is 0 Å². The molecule has 0 amide bonds. The quantitative estimate of drug-likeness (QED) is 0.367. The van der Waals surface area contributed by atoms with E-state index in [1.54, 1.807) is 0 Å². The second-order valence-corrected chi connectivity index (χ2v) is 6.04. The van der Waals surface area contributed by atoms with Gasteiger partial charge in [-0.15, -0.1) is 0 Å². The van der Waals surface area contributed by atoms with Crippen LogP contribution < -0.4 is 0 Å². The second-order valence-electron chi connectivity index (χ2n) is 2.96. The number of aliphatic hydroxyl groups excluding tert-OH is 2. The molecular weight excluding hydrogens is 352 g/mol. The Balaban J connectivity index is -0.000000239. The van der Waals surface area contributed by atoms with Crippen LogP contribution in [0.15, 0.2) is 0 Å². The topological polar surface area (TPSA) is 149 Å². The molecule has 0 saturated heterocycles. The Bertz CT molecular complexity index is 386. The highest BCUT2D eigenvalue weighted by atomic mass is 32.2. The molecule has 0 rings (SSSR count). The van der Waals surface area contributed by atoms with E-state index in [0.717, 1.165) is 0 Å². The van der Waals surface area contributed by atoms with E-state index in [-0.39, 0.29) is 13.2 Å². The Morgan fingerprint density at radius 3 is 1.00 bits per heavy atom. The van der Waals surface area contributed by atoms with Gasteiger partial charge < -0.3 is 10.2 Å². The van der Waals surface area contributed by atoms with Crippen molar-refractivity contribution in [1.29, 1.82) is 0 Å². The van der Waals surface area contributed by atoms with Gasteiger partial charge in [0.2, 0.25) is 0 Å². The van der Waals surface area contributed by atoms with Crippen LogP contribution in [-0.4, -0.2) is 73.7 Å². The Hall–Kier alpha value is -0.540. The Morgan fingerprint density at radius 1 is 0.762 bits per heavy atom. The summed E-state index contributed by atoms with van der Waals surface area (Å²) < 4.78 is 98.1. The summed E-state index contributed by atoms with van der Waals surface area (Å²) in [5, 5.41) is 15.8. The molecule has 21 heavy (non-hydrogen) atoms. The van der Waals surface area contributed by atoms with Crippen molar-refractivity contribution in [3.05, 3.63) is 0 Å². The molecule has 2 unspecified atom stereocenters. The Morgan fingerprint density at radius 2 is 1.00 bits per heavy atom. The zero-order valence-corrected chi connectivity index (χ0v) is 12.1. The number of hydrogen-bond acceptors (Lipinski definition) is 6. The molecule has 0 aromatic carbocycles. The smallest absolute Gasteiger partial charge is 0.300 e. The summed E-state index contributed by atoms with van der Waals surface area (Å²) in [6.07, 6.45) is 0.500. The average molecular weight is 368 g/mol. The minimum atomic E-state index is -4.79. The number of alkyl halides is 4. The van der Waals surface area contributed by atoms with Gasteiger partial charge in [-0.05, 0) is 6.42 Å². The first-order valence-corrected chi connectivity index (χ1v) is 7.93. The van der Waals surface area contributed by atoms with Crippen LogP contribution >= 0.6 is 0 Å². The van der Waals surface area contributed by atoms with Crippen molar-refractivity contribution in [2.45, 2.75) is 17.4 Å². The number of aliphatic hydroxyl groups is 2. The molecule has 0 spiro atoms. The van der Waals surface area contributed by atoms with E-state index in [0.29, 0.717) is 6.42 Å². The van der Waals surface area contributed by atoms with E-state index in [1.807, 2.05) is 0 Å². The van der Waals surface area contributed by atoms with E-state index in [4.69, 9.17) is 19.3 Å². The third-order valence-electron chi connectivity index (χ3n) is 1.21. The standard InChI is InChI=1S/C3H8O2.2C2H4F2O3S/c4-2-1-3-5;2*3-1-2(4)8(5,6)7/h4-5H,1-3H2;2*2H,1H2,(H,5,6,7). The normalized spacial score (nSPS) is 14.1. The molecule has 0 aliphatic carbocycles. The summed E-state index contributed by atoms with van der Waals surface area (Å²) in [6, 6.07) is 0. The molecule has 0 aliphatic heterocycles. The third-order valence-corrected chi connectivity index (χ3v) is 2.75. The molecule has 0 aliphatic rings. The minimum Gasteiger partial charge on any atom is -0.396 e. The molecule has 14 heteroatoms. The average Bonchev–Trinajstić information content (AvgIpc) is 2.37. The van der Waals surface area contributed by atoms with E-state index < -0.39 is 44.6 Å². The van der Waals surface area contributed by atoms with Crippen LogP contribution in [0.2, 0.25) is 0 Å². The largest absolute Gasteiger partial charge is 0.396 e. The predicted molar refractivity (Wildman–Crippen MR) is 63.6 cm³/mol. The number of hydrogen-bond donors (Lipinski definition) is 4. The lowest BCUT2D eigenvalue weighted by Gasteiger charge is -1.94. The van der Waals surface area contributed by atoms with Crippen molar-refractivity contribution in [1.82, 2.24) is 0 Å². The zero-order chi connectivity index (χ0) is 17.7. The molecule has 132 valence electrons. The lowest BCUT2D eigenvalue weighted by molar-refractivity contribution is 0.221. The molecule has 0 saturated carbocycles. The molecule has 0 fully saturated rings. The lowest BCUT2D eigenvalue weighted by Crippen LogP contribution is -2.16. The highest BCUT2D eigenvalue weighted by molar-refractivity contribution is 7.86. The SMILES string of the molecule is O=S(=O)(O)C(F)CF.O=S(=O)(O)C(F)CF.OCCCO. The number of halogens is 4. The monoisotopic (exact) mass is 368 g/mol. The third kappa shape index (κ3) is 19.5. The molecule has 0 aromatic heterocycles. The van der Waals surface area contributed by atoms with E-state index in [2.05, 4.69) is 0 Å². The van der Waals surface area contributed by atoms with Crippen molar-refractivity contribution in [2.24, 2.45) is 0 Å². The van der Waals surface area contributed by atoms with Crippen LogP contribution in [0.5, 0.6) is 0 Å². The van der Waals surface area contributed by atoms with Gasteiger partial charge in [0.15, 0.2) is 0 Å². The summed E-state index contributed by atoms with van der Waals surface area (Å²) in [7, 11) is -9.59. The Labute approximate surface area is 118 Å². The first-order chi connectivity index (χ1) is 9.38. The molecule has 0 bridgehead atoms. The maximum Gasteiger partial charge on any atom is 0.300 e. The van der Waals surface area contributed by atoms with E-state index in [1.165, 1.54) is 0 Å². The molecule has 0 aromatic rings. The first kappa shape index (κ1) is 25.4. The Kier molecular flexibility index (Phi) is 15.9. The van der Waals surface area contributed by atoms with Crippen LogP contribution in [0, 0.1) is 0 Å². The van der Waals surface area contributed by atoms with Gasteiger partial charge in [0.25, 0.3) is 31.2 Å². The van der Waals surface area contributed by atoms with Gasteiger partial charge in [-0.3, -0.25) is 9.11 Å². The zero-order valence-electron chi connectivity index (χ0n) is 10.4. The van der Waals surface area contributed by atoms with Crippen molar-refractivity contribution < 1.29 is 53.7 Å². The van der Waals surface area contributed by atoms with Crippen LogP contribution in [0.25, 0.3) is 0 Å². The summed E-state index contributed by atoms with van der Waals surface area (Å²) in [5.41, 5.74) is -5.58. The van der Waals surface area contributed by atoms with Gasteiger partial charge in [-0.2, -0.15) is 16.8 Å². The van der Waals surface area contributed by atoms with E-state index >= 15 is 0 Å². The van der Waals surface area contributed by atoms with Crippen LogP contribution in [0.3, 0.4) is 0 Å². The lowest BCUT2D eigenvalue weighted by atomic mass is 10.5. The van der Waals surface area contributed by atoms with Crippen molar-refractivity contribution in [3.63, 3.8) is 0 Å². The van der Waals surface area contributed by atoms with Crippen molar-refractivity contribution in [3.8, 4) is 0 Å². The van der Waals surface area contributed by atoms with Gasteiger partial charge in [-0.1, -0.05) is 0 Å². The molecule has 4 N–H and O–H groups in total. The molecule has 8 nitrogen and oxygen atoms in total. The van der Waals surface area contributed by atoms with E-state index in [9.17, 15) is 34.4 Å². The highest BCUT2D eigenvalue weighted by Crippen LogP contribution is 1.99.